The van der Waals surface area contributed by atoms with E-state index in [1.807, 2.05) is 68.4 Å². The highest BCUT2D eigenvalue weighted by atomic mass is 32.2. The van der Waals surface area contributed by atoms with Crippen LogP contribution < -0.4 is 0 Å². The predicted molar refractivity (Wildman–Crippen MR) is 109 cm³/mol. The van der Waals surface area contributed by atoms with Crippen molar-refractivity contribution in [3.63, 3.8) is 0 Å². The summed E-state index contributed by atoms with van der Waals surface area (Å²) in [6, 6.07) is 17.7. The predicted octanol–water partition coefficient (Wildman–Crippen LogP) is 4.03. The second-order valence-corrected chi connectivity index (χ2v) is 9.98. The smallest absolute Gasteiger partial charge is 0.253 e. The van der Waals surface area contributed by atoms with E-state index in [2.05, 4.69) is 0 Å². The Morgan fingerprint density at radius 1 is 0.963 bits per heavy atom. The van der Waals surface area contributed by atoms with Crippen molar-refractivity contribution in [1.29, 1.82) is 0 Å². The number of hydrogen-bond donors (Lipinski definition) is 0. The molecule has 1 aliphatic heterocycles. The van der Waals surface area contributed by atoms with Crippen molar-refractivity contribution in [3.8, 4) is 11.1 Å². The molecule has 1 heterocycles. The van der Waals surface area contributed by atoms with E-state index in [1.54, 1.807) is 4.90 Å². The fourth-order valence-electron chi connectivity index (χ4n) is 3.64. The SMILES string of the molecule is CC(C)CS(=O)(=O)C1CCN(C(=O)c2ccc(-c3ccccc3)cc2)CC1. The Balaban J connectivity index is 1.63. The number of carbonyl (C=O) groups is 1. The lowest BCUT2D eigenvalue weighted by Crippen LogP contribution is -2.43. The summed E-state index contributed by atoms with van der Waals surface area (Å²) >= 11 is 0. The number of carbonyl (C=O) groups excluding carboxylic acids is 1. The van der Waals surface area contributed by atoms with Crippen LogP contribution in [-0.2, 0) is 9.84 Å². The third-order valence-electron chi connectivity index (χ3n) is 5.04. The van der Waals surface area contributed by atoms with Gasteiger partial charge in [0.05, 0.1) is 11.0 Å². The van der Waals surface area contributed by atoms with Crippen LogP contribution in [0.3, 0.4) is 0 Å². The van der Waals surface area contributed by atoms with Gasteiger partial charge in [0.15, 0.2) is 9.84 Å². The van der Waals surface area contributed by atoms with E-state index in [-0.39, 0.29) is 22.8 Å². The molecular formula is C22H27NO3S. The third kappa shape index (κ3) is 4.78. The van der Waals surface area contributed by atoms with Crippen LogP contribution in [0.25, 0.3) is 11.1 Å². The Bertz CT molecular complexity index is 866. The first-order chi connectivity index (χ1) is 12.9. The summed E-state index contributed by atoms with van der Waals surface area (Å²) in [7, 11) is -3.07. The summed E-state index contributed by atoms with van der Waals surface area (Å²) in [6.07, 6.45) is 1.06. The largest absolute Gasteiger partial charge is 0.339 e. The van der Waals surface area contributed by atoms with E-state index < -0.39 is 9.84 Å². The maximum Gasteiger partial charge on any atom is 0.253 e. The Hall–Kier alpha value is -2.14. The molecule has 1 fully saturated rings. The molecule has 0 aromatic heterocycles. The summed E-state index contributed by atoms with van der Waals surface area (Å²) in [4.78, 5) is 14.5. The highest BCUT2D eigenvalue weighted by molar-refractivity contribution is 7.92. The number of hydrogen-bond acceptors (Lipinski definition) is 3. The van der Waals surface area contributed by atoms with Gasteiger partial charge < -0.3 is 4.90 Å². The van der Waals surface area contributed by atoms with Crippen LogP contribution in [0.2, 0.25) is 0 Å². The summed E-state index contributed by atoms with van der Waals surface area (Å²) in [6.45, 7) is 4.85. The lowest BCUT2D eigenvalue weighted by atomic mass is 10.0. The van der Waals surface area contributed by atoms with Gasteiger partial charge >= 0.3 is 0 Å². The van der Waals surface area contributed by atoms with Gasteiger partial charge in [-0.1, -0.05) is 56.3 Å². The van der Waals surface area contributed by atoms with Crippen molar-refractivity contribution in [2.75, 3.05) is 18.8 Å². The van der Waals surface area contributed by atoms with Gasteiger partial charge in [0, 0.05) is 18.7 Å². The summed E-state index contributed by atoms with van der Waals surface area (Å²) in [5, 5.41) is -0.315. The highest BCUT2D eigenvalue weighted by Crippen LogP contribution is 2.23. The molecule has 0 saturated carbocycles. The number of benzene rings is 2. The molecule has 5 heteroatoms. The van der Waals surface area contributed by atoms with Gasteiger partial charge in [-0.15, -0.1) is 0 Å². The van der Waals surface area contributed by atoms with Gasteiger partial charge in [0.1, 0.15) is 0 Å². The highest BCUT2D eigenvalue weighted by Gasteiger charge is 2.32. The number of sulfone groups is 1. The zero-order chi connectivity index (χ0) is 19.4. The van der Waals surface area contributed by atoms with Gasteiger partial charge in [0.2, 0.25) is 0 Å². The molecule has 144 valence electrons. The number of amides is 1. The molecule has 0 spiro atoms. The molecule has 4 nitrogen and oxygen atoms in total. The Labute approximate surface area is 162 Å². The third-order valence-corrected chi connectivity index (χ3v) is 7.66. The van der Waals surface area contributed by atoms with E-state index >= 15 is 0 Å². The van der Waals surface area contributed by atoms with Crippen LogP contribution in [0.4, 0.5) is 0 Å². The van der Waals surface area contributed by atoms with E-state index in [0.29, 0.717) is 31.5 Å². The molecule has 2 aromatic carbocycles. The van der Waals surface area contributed by atoms with Crippen LogP contribution in [0, 0.1) is 5.92 Å². The molecule has 2 aromatic rings. The van der Waals surface area contributed by atoms with E-state index in [4.69, 9.17) is 0 Å². The molecule has 3 rings (SSSR count). The normalized spacial score (nSPS) is 15.9. The molecule has 0 N–H and O–H groups in total. The standard InChI is InChI=1S/C22H27NO3S/c1-17(2)16-27(25,26)21-12-14-23(15-13-21)22(24)20-10-8-19(9-11-20)18-6-4-3-5-7-18/h3-11,17,21H,12-16H2,1-2H3. The maximum atomic E-state index is 12.8. The van der Waals surface area contributed by atoms with E-state index in [9.17, 15) is 13.2 Å². The molecule has 1 amide bonds. The second kappa shape index (κ2) is 8.26. The quantitative estimate of drug-likeness (QED) is 0.781. The van der Waals surface area contributed by atoms with Crippen LogP contribution in [0.15, 0.2) is 54.6 Å². The first-order valence-electron chi connectivity index (χ1n) is 9.53. The van der Waals surface area contributed by atoms with Gasteiger partial charge in [-0.3, -0.25) is 4.79 Å². The van der Waals surface area contributed by atoms with Crippen LogP contribution in [0.1, 0.15) is 37.0 Å². The van der Waals surface area contributed by atoms with Crippen molar-refractivity contribution in [1.82, 2.24) is 4.90 Å². The van der Waals surface area contributed by atoms with Crippen LogP contribution in [0.5, 0.6) is 0 Å². The Morgan fingerprint density at radius 3 is 2.07 bits per heavy atom. The molecule has 27 heavy (non-hydrogen) atoms. The van der Waals surface area contributed by atoms with E-state index in [1.165, 1.54) is 0 Å². The molecule has 0 radical (unpaired) electrons. The number of piperidine rings is 1. The molecule has 1 aliphatic rings. The second-order valence-electron chi connectivity index (χ2n) is 7.66. The average Bonchev–Trinajstić information content (AvgIpc) is 2.67. The van der Waals surface area contributed by atoms with Crippen molar-refractivity contribution >= 4 is 15.7 Å². The summed E-state index contributed by atoms with van der Waals surface area (Å²) in [5.41, 5.74) is 2.84. The fourth-order valence-corrected chi connectivity index (χ4v) is 5.77. The van der Waals surface area contributed by atoms with Crippen molar-refractivity contribution in [2.24, 2.45) is 5.92 Å². The van der Waals surface area contributed by atoms with Crippen LogP contribution >= 0.6 is 0 Å². The van der Waals surface area contributed by atoms with Gasteiger partial charge in [-0.25, -0.2) is 8.42 Å². The number of rotatable bonds is 5. The lowest BCUT2D eigenvalue weighted by Gasteiger charge is -2.32. The van der Waals surface area contributed by atoms with Gasteiger partial charge in [-0.2, -0.15) is 0 Å². The van der Waals surface area contributed by atoms with Gasteiger partial charge in [-0.05, 0) is 42.0 Å². The van der Waals surface area contributed by atoms with Crippen molar-refractivity contribution in [3.05, 3.63) is 60.2 Å². The monoisotopic (exact) mass is 385 g/mol. The Morgan fingerprint density at radius 2 is 1.52 bits per heavy atom. The van der Waals surface area contributed by atoms with Gasteiger partial charge in [0.25, 0.3) is 5.91 Å². The average molecular weight is 386 g/mol. The van der Waals surface area contributed by atoms with Crippen molar-refractivity contribution in [2.45, 2.75) is 31.9 Å². The van der Waals surface area contributed by atoms with Crippen LogP contribution in [-0.4, -0.2) is 43.3 Å². The fraction of sp³-hybridized carbons (Fsp3) is 0.409. The molecule has 0 unspecified atom stereocenters. The zero-order valence-electron chi connectivity index (χ0n) is 16.0. The lowest BCUT2D eigenvalue weighted by molar-refractivity contribution is 0.0725. The maximum absolute atomic E-state index is 12.8. The minimum atomic E-state index is -3.07. The van der Waals surface area contributed by atoms with E-state index in [0.717, 1.165) is 11.1 Å². The van der Waals surface area contributed by atoms with Crippen molar-refractivity contribution < 1.29 is 13.2 Å². The molecule has 1 saturated heterocycles. The topological polar surface area (TPSA) is 54.5 Å². The minimum Gasteiger partial charge on any atom is -0.339 e. The number of likely N-dealkylation sites (tertiary alicyclic amines) is 1. The molecule has 0 aliphatic carbocycles. The minimum absolute atomic E-state index is 0.0191. The Kier molecular flexibility index (Phi) is 6.00. The molecule has 0 atom stereocenters. The number of nitrogens with zero attached hydrogens (tertiary/aromatic N) is 1. The first-order valence-corrected chi connectivity index (χ1v) is 11.2. The summed E-state index contributed by atoms with van der Waals surface area (Å²) in [5.74, 6) is 0.346. The zero-order valence-corrected chi connectivity index (χ0v) is 16.8. The molecular weight excluding hydrogens is 358 g/mol. The molecule has 0 bridgehead atoms. The summed E-state index contributed by atoms with van der Waals surface area (Å²) < 4.78 is 24.8. The first kappa shape index (κ1) is 19.6.